The first-order valence-electron chi connectivity index (χ1n) is 6.84. The molecule has 118 valence electrons. The third-order valence-corrected chi connectivity index (χ3v) is 3.98. The molecule has 1 aromatic carbocycles. The molecule has 3 N–H and O–H groups in total. The average Bonchev–Trinajstić information content (AvgIpc) is 2.45. The van der Waals surface area contributed by atoms with Crippen LogP contribution >= 0.6 is 0 Å². The second kappa shape index (κ2) is 6.19. The number of rotatable bonds is 4. The summed E-state index contributed by atoms with van der Waals surface area (Å²) in [7, 11) is 3.11. The van der Waals surface area contributed by atoms with Crippen LogP contribution in [0.25, 0.3) is 0 Å². The summed E-state index contributed by atoms with van der Waals surface area (Å²) in [5, 5.41) is 30.0. The van der Waals surface area contributed by atoms with Crippen molar-refractivity contribution in [3.05, 3.63) is 23.8 Å². The van der Waals surface area contributed by atoms with Gasteiger partial charge in [-0.3, -0.25) is 0 Å². The van der Waals surface area contributed by atoms with E-state index in [1.54, 1.807) is 39.3 Å². The Bertz CT molecular complexity index is 491. The summed E-state index contributed by atoms with van der Waals surface area (Å²) in [6.45, 7) is 1.67. The van der Waals surface area contributed by atoms with Crippen LogP contribution in [-0.2, 0) is 11.2 Å². The molecule has 6 heteroatoms. The van der Waals surface area contributed by atoms with E-state index >= 15 is 0 Å². The predicted molar refractivity (Wildman–Crippen MR) is 75.4 cm³/mol. The van der Waals surface area contributed by atoms with E-state index in [0.717, 1.165) is 5.56 Å². The maximum atomic E-state index is 10.8. The number of hydrogen-bond acceptors (Lipinski definition) is 6. The van der Waals surface area contributed by atoms with Crippen LogP contribution in [0.5, 0.6) is 11.5 Å². The van der Waals surface area contributed by atoms with Crippen LogP contribution in [0.3, 0.4) is 0 Å². The number of methoxy groups -OCH3 is 2. The molecular formula is C15H22O6. The molecule has 0 unspecified atom stereocenters. The minimum Gasteiger partial charge on any atom is -0.497 e. The molecule has 0 bridgehead atoms. The Kier molecular flexibility index (Phi) is 4.73. The van der Waals surface area contributed by atoms with Crippen LogP contribution in [-0.4, -0.2) is 53.6 Å². The van der Waals surface area contributed by atoms with Crippen LogP contribution in [0.1, 0.15) is 18.9 Å². The van der Waals surface area contributed by atoms with Crippen molar-refractivity contribution >= 4 is 0 Å². The van der Waals surface area contributed by atoms with Crippen LogP contribution < -0.4 is 9.47 Å². The van der Waals surface area contributed by atoms with Gasteiger partial charge in [0.05, 0.1) is 25.9 Å². The van der Waals surface area contributed by atoms with Gasteiger partial charge in [-0.25, -0.2) is 0 Å². The standard InChI is InChI=1S/C15H22O6/c1-9-15(18,8-12(16)14(17)21-9)7-10-6-11(19-2)4-5-13(10)20-3/h4-6,9,12,14,16-18H,7-8H2,1-3H3/t9-,12+,14+,15-/m0/s1. The number of ether oxygens (including phenoxy) is 3. The van der Waals surface area contributed by atoms with Gasteiger partial charge in [-0.1, -0.05) is 0 Å². The lowest BCUT2D eigenvalue weighted by molar-refractivity contribution is -0.271. The van der Waals surface area contributed by atoms with E-state index in [1.807, 2.05) is 0 Å². The fourth-order valence-electron chi connectivity index (χ4n) is 2.62. The average molecular weight is 298 g/mol. The van der Waals surface area contributed by atoms with Crippen molar-refractivity contribution in [3.8, 4) is 11.5 Å². The van der Waals surface area contributed by atoms with Crippen LogP contribution in [0.4, 0.5) is 0 Å². The lowest BCUT2D eigenvalue weighted by Gasteiger charge is -2.42. The summed E-state index contributed by atoms with van der Waals surface area (Å²) >= 11 is 0. The Balaban J connectivity index is 2.27. The Morgan fingerprint density at radius 1 is 1.29 bits per heavy atom. The van der Waals surface area contributed by atoms with E-state index < -0.39 is 24.1 Å². The molecule has 0 aliphatic carbocycles. The quantitative estimate of drug-likeness (QED) is 0.749. The van der Waals surface area contributed by atoms with Gasteiger partial charge in [0.2, 0.25) is 0 Å². The second-order valence-corrected chi connectivity index (χ2v) is 5.40. The normalized spacial score (nSPS) is 32.8. The Hall–Kier alpha value is -1.34. The van der Waals surface area contributed by atoms with Crippen molar-refractivity contribution < 1.29 is 29.5 Å². The molecule has 0 aromatic heterocycles. The first-order valence-corrected chi connectivity index (χ1v) is 6.84. The van der Waals surface area contributed by atoms with Crippen molar-refractivity contribution in [3.63, 3.8) is 0 Å². The summed E-state index contributed by atoms with van der Waals surface area (Å²) in [6, 6.07) is 5.31. The van der Waals surface area contributed by atoms with Crippen molar-refractivity contribution in [2.24, 2.45) is 0 Å². The van der Waals surface area contributed by atoms with Gasteiger partial charge in [0.1, 0.15) is 17.6 Å². The van der Waals surface area contributed by atoms with Gasteiger partial charge in [-0.15, -0.1) is 0 Å². The third kappa shape index (κ3) is 3.29. The maximum absolute atomic E-state index is 10.8. The maximum Gasteiger partial charge on any atom is 0.181 e. The van der Waals surface area contributed by atoms with Crippen LogP contribution in [0.15, 0.2) is 18.2 Å². The fraction of sp³-hybridized carbons (Fsp3) is 0.600. The fourth-order valence-corrected chi connectivity index (χ4v) is 2.62. The van der Waals surface area contributed by atoms with E-state index in [2.05, 4.69) is 0 Å². The predicted octanol–water partition coefficient (Wildman–Crippen LogP) is 0.465. The second-order valence-electron chi connectivity index (χ2n) is 5.40. The van der Waals surface area contributed by atoms with E-state index in [9.17, 15) is 15.3 Å². The highest BCUT2D eigenvalue weighted by molar-refractivity contribution is 5.41. The molecular weight excluding hydrogens is 276 g/mol. The molecule has 1 fully saturated rings. The molecule has 21 heavy (non-hydrogen) atoms. The molecule has 1 heterocycles. The van der Waals surface area contributed by atoms with Gasteiger partial charge in [0, 0.05) is 18.4 Å². The van der Waals surface area contributed by atoms with Crippen molar-refractivity contribution in [2.75, 3.05) is 14.2 Å². The van der Waals surface area contributed by atoms with Gasteiger partial charge in [-0.2, -0.15) is 0 Å². The Morgan fingerprint density at radius 2 is 2.00 bits per heavy atom. The molecule has 6 nitrogen and oxygen atoms in total. The zero-order valence-electron chi connectivity index (χ0n) is 12.4. The Labute approximate surface area is 123 Å². The molecule has 0 amide bonds. The zero-order valence-corrected chi connectivity index (χ0v) is 12.4. The van der Waals surface area contributed by atoms with Crippen molar-refractivity contribution in [2.45, 2.75) is 43.9 Å². The molecule has 2 rings (SSSR count). The Morgan fingerprint density at radius 3 is 2.62 bits per heavy atom. The molecule has 4 atom stereocenters. The van der Waals surface area contributed by atoms with Crippen LogP contribution in [0.2, 0.25) is 0 Å². The molecule has 0 radical (unpaired) electrons. The van der Waals surface area contributed by atoms with Gasteiger partial charge < -0.3 is 29.5 Å². The van der Waals surface area contributed by atoms with Gasteiger partial charge in [0.25, 0.3) is 0 Å². The minimum absolute atomic E-state index is 0.0235. The van der Waals surface area contributed by atoms with E-state index in [4.69, 9.17) is 14.2 Å². The number of aliphatic hydroxyl groups excluding tert-OH is 2. The number of hydrogen-bond donors (Lipinski definition) is 3. The first-order chi connectivity index (χ1) is 9.89. The molecule has 0 spiro atoms. The highest BCUT2D eigenvalue weighted by atomic mass is 16.6. The van der Waals surface area contributed by atoms with E-state index in [1.165, 1.54) is 0 Å². The van der Waals surface area contributed by atoms with Gasteiger partial charge in [0.15, 0.2) is 6.29 Å². The van der Waals surface area contributed by atoms with Gasteiger partial charge >= 0.3 is 0 Å². The summed E-state index contributed by atoms with van der Waals surface area (Å²) in [4.78, 5) is 0. The monoisotopic (exact) mass is 298 g/mol. The lowest BCUT2D eigenvalue weighted by atomic mass is 9.82. The number of benzene rings is 1. The summed E-state index contributed by atoms with van der Waals surface area (Å²) in [5.41, 5.74) is -0.545. The zero-order chi connectivity index (χ0) is 15.6. The van der Waals surface area contributed by atoms with Gasteiger partial charge in [-0.05, 0) is 25.1 Å². The van der Waals surface area contributed by atoms with Crippen LogP contribution in [0, 0.1) is 0 Å². The summed E-state index contributed by atoms with van der Waals surface area (Å²) in [5.74, 6) is 1.27. The molecule has 1 aliphatic heterocycles. The summed E-state index contributed by atoms with van der Waals surface area (Å²) in [6.07, 6.45) is -2.77. The van der Waals surface area contributed by atoms with E-state index in [0.29, 0.717) is 11.5 Å². The minimum atomic E-state index is -1.29. The summed E-state index contributed by atoms with van der Waals surface area (Å²) < 4.78 is 15.7. The third-order valence-electron chi connectivity index (χ3n) is 3.98. The highest BCUT2D eigenvalue weighted by Crippen LogP contribution is 2.35. The number of aliphatic hydroxyl groups is 3. The molecule has 1 aromatic rings. The van der Waals surface area contributed by atoms with Crippen molar-refractivity contribution in [1.82, 2.24) is 0 Å². The van der Waals surface area contributed by atoms with Crippen molar-refractivity contribution in [1.29, 1.82) is 0 Å². The topological polar surface area (TPSA) is 88.4 Å². The highest BCUT2D eigenvalue weighted by Gasteiger charge is 2.45. The smallest absolute Gasteiger partial charge is 0.181 e. The largest absolute Gasteiger partial charge is 0.497 e. The lowest BCUT2D eigenvalue weighted by Crippen LogP contribution is -2.55. The molecule has 0 saturated carbocycles. The van der Waals surface area contributed by atoms with E-state index in [-0.39, 0.29) is 12.8 Å². The molecule has 1 aliphatic rings. The SMILES string of the molecule is COc1ccc(OC)c(C[C@]2(O)C[C@@H](O)[C@H](O)O[C@H]2C)c1. The first kappa shape index (κ1) is 16.0. The molecule has 1 saturated heterocycles.